The average Bonchev–Trinajstić information content (AvgIpc) is 3.48. The summed E-state index contributed by atoms with van der Waals surface area (Å²) in [4.78, 5) is 16.2. The van der Waals surface area contributed by atoms with E-state index in [0.717, 1.165) is 37.0 Å². The summed E-state index contributed by atoms with van der Waals surface area (Å²) in [5.41, 5.74) is 1.69. The minimum atomic E-state index is -1.13. The molecular formula is C28H30Cl2N2O5. The van der Waals surface area contributed by atoms with Crippen LogP contribution in [0, 0.1) is 18.8 Å². The highest BCUT2D eigenvalue weighted by Crippen LogP contribution is 2.56. The molecule has 6 rings (SSSR count). The maximum Gasteiger partial charge on any atom is 0.227 e. The van der Waals surface area contributed by atoms with Crippen molar-refractivity contribution in [2.45, 2.75) is 83.0 Å². The van der Waals surface area contributed by atoms with Crippen LogP contribution in [0.25, 0.3) is 11.3 Å². The van der Waals surface area contributed by atoms with Crippen LogP contribution in [0.2, 0.25) is 10.0 Å². The third-order valence-electron chi connectivity index (χ3n) is 8.28. The molecule has 3 aliphatic carbocycles. The first-order valence-electron chi connectivity index (χ1n) is 13.0. The standard InChI is InChI=1S/C28H30Cl2N2O5/c1-14(33)10-23-15(2)36-27(31-23)28(34)17-8-9-18(28)12-19(11-17)35-13-20-25(32-37-26(20)16-6-7-16)24-21(29)4-3-5-22(24)30/h3-5,16-19,34H,6-13H2,1-2H3/t17-,18+,19-,28+. The number of nitrogens with zero attached hydrogens (tertiary/aromatic N) is 2. The number of aromatic nitrogens is 2. The Labute approximate surface area is 225 Å². The van der Waals surface area contributed by atoms with E-state index in [0.29, 0.717) is 64.0 Å². The fourth-order valence-electron chi connectivity index (χ4n) is 6.24. The Balaban J connectivity index is 1.21. The molecule has 7 nitrogen and oxygen atoms in total. The Morgan fingerprint density at radius 3 is 2.46 bits per heavy atom. The second kappa shape index (κ2) is 9.53. The van der Waals surface area contributed by atoms with Gasteiger partial charge in [-0.15, -0.1) is 0 Å². The molecule has 2 aromatic heterocycles. The number of halogens is 2. The van der Waals surface area contributed by atoms with Crippen LogP contribution in [0.5, 0.6) is 0 Å². The lowest BCUT2D eigenvalue weighted by Gasteiger charge is -2.40. The number of benzene rings is 1. The van der Waals surface area contributed by atoms with Gasteiger partial charge in [-0.25, -0.2) is 4.98 Å². The minimum Gasteiger partial charge on any atom is -0.443 e. The molecule has 3 saturated carbocycles. The molecule has 0 radical (unpaired) electrons. The van der Waals surface area contributed by atoms with Gasteiger partial charge in [-0.2, -0.15) is 0 Å². The number of aryl methyl sites for hydroxylation is 1. The van der Waals surface area contributed by atoms with Crippen LogP contribution >= 0.6 is 23.2 Å². The second-order valence-electron chi connectivity index (χ2n) is 10.8. The van der Waals surface area contributed by atoms with Crippen LogP contribution < -0.4 is 0 Å². The number of hydrogen-bond donors (Lipinski definition) is 1. The quantitative estimate of drug-likeness (QED) is 0.343. The van der Waals surface area contributed by atoms with Crippen LogP contribution in [-0.4, -0.2) is 27.1 Å². The monoisotopic (exact) mass is 544 g/mol. The van der Waals surface area contributed by atoms with Crippen molar-refractivity contribution in [2.75, 3.05) is 0 Å². The lowest BCUT2D eigenvalue weighted by Crippen LogP contribution is -2.44. The number of oxazole rings is 1. The van der Waals surface area contributed by atoms with Gasteiger partial charge in [0.25, 0.3) is 0 Å². The molecule has 0 saturated heterocycles. The van der Waals surface area contributed by atoms with Gasteiger partial charge in [-0.05, 0) is 76.3 Å². The third-order valence-corrected chi connectivity index (χ3v) is 8.91. The first-order valence-corrected chi connectivity index (χ1v) is 13.7. The molecule has 3 fully saturated rings. The molecule has 0 unspecified atom stereocenters. The Bertz CT molecular complexity index is 1310. The number of rotatable bonds is 8. The Hall–Kier alpha value is -2.19. The van der Waals surface area contributed by atoms with Gasteiger partial charge in [-0.3, -0.25) is 4.79 Å². The van der Waals surface area contributed by atoms with E-state index < -0.39 is 5.60 Å². The molecule has 196 valence electrons. The molecule has 3 aliphatic rings. The van der Waals surface area contributed by atoms with E-state index in [4.69, 9.17) is 36.9 Å². The Morgan fingerprint density at radius 2 is 1.84 bits per heavy atom. The predicted octanol–water partition coefficient (Wildman–Crippen LogP) is 6.55. The SMILES string of the molecule is CC(=O)Cc1nc([C@]2(O)[C@@H]3CC[C@H]2C[C@H](OCc2c(-c4c(Cl)cccc4Cl)noc2C2CC2)C3)oc1C. The molecule has 3 aromatic rings. The summed E-state index contributed by atoms with van der Waals surface area (Å²) >= 11 is 13.0. The van der Waals surface area contributed by atoms with Gasteiger partial charge < -0.3 is 18.8 Å². The summed E-state index contributed by atoms with van der Waals surface area (Å²) in [7, 11) is 0. The highest BCUT2D eigenvalue weighted by molar-refractivity contribution is 6.39. The molecule has 1 N–H and O–H groups in total. The summed E-state index contributed by atoms with van der Waals surface area (Å²) < 4.78 is 18.2. The topological polar surface area (TPSA) is 98.6 Å². The van der Waals surface area contributed by atoms with Crippen molar-refractivity contribution >= 4 is 29.0 Å². The number of carbonyl (C=O) groups excluding carboxylic acids is 1. The summed E-state index contributed by atoms with van der Waals surface area (Å²) in [6.45, 7) is 3.67. The van der Waals surface area contributed by atoms with Crippen LogP contribution in [0.4, 0.5) is 0 Å². The highest BCUT2D eigenvalue weighted by atomic mass is 35.5. The molecule has 4 atom stereocenters. The van der Waals surface area contributed by atoms with Crippen LogP contribution in [0.3, 0.4) is 0 Å². The van der Waals surface area contributed by atoms with E-state index in [1.165, 1.54) is 6.92 Å². The molecular weight excluding hydrogens is 515 g/mol. The van der Waals surface area contributed by atoms with E-state index in [9.17, 15) is 9.90 Å². The minimum absolute atomic E-state index is 0.0202. The van der Waals surface area contributed by atoms with Crippen molar-refractivity contribution in [3.8, 4) is 11.3 Å². The van der Waals surface area contributed by atoms with E-state index in [-0.39, 0.29) is 30.1 Å². The molecule has 2 bridgehead atoms. The number of aliphatic hydroxyl groups is 1. The predicted molar refractivity (Wildman–Crippen MR) is 137 cm³/mol. The number of hydrogen-bond acceptors (Lipinski definition) is 7. The number of fused-ring (bicyclic) bond motifs is 2. The van der Waals surface area contributed by atoms with Crippen LogP contribution in [-0.2, 0) is 28.2 Å². The van der Waals surface area contributed by atoms with Crippen molar-refractivity contribution < 1.29 is 23.6 Å². The van der Waals surface area contributed by atoms with Crippen molar-refractivity contribution in [2.24, 2.45) is 11.8 Å². The Morgan fingerprint density at radius 1 is 1.16 bits per heavy atom. The van der Waals surface area contributed by atoms with Gasteiger partial charge in [0, 0.05) is 17.0 Å². The van der Waals surface area contributed by atoms with E-state index in [2.05, 4.69) is 10.1 Å². The van der Waals surface area contributed by atoms with Crippen molar-refractivity contribution in [1.82, 2.24) is 10.1 Å². The van der Waals surface area contributed by atoms with Gasteiger partial charge in [0.2, 0.25) is 5.89 Å². The molecule has 2 heterocycles. The summed E-state index contributed by atoms with van der Waals surface area (Å²) in [6.07, 6.45) is 5.48. The molecule has 0 spiro atoms. The highest BCUT2D eigenvalue weighted by Gasteiger charge is 2.57. The van der Waals surface area contributed by atoms with Gasteiger partial charge >= 0.3 is 0 Å². The average molecular weight is 545 g/mol. The second-order valence-corrected chi connectivity index (χ2v) is 11.7. The summed E-state index contributed by atoms with van der Waals surface area (Å²) in [6, 6.07) is 5.40. The number of ether oxygens (including phenoxy) is 1. The van der Waals surface area contributed by atoms with Crippen molar-refractivity contribution in [1.29, 1.82) is 0 Å². The zero-order valence-electron chi connectivity index (χ0n) is 20.9. The lowest BCUT2D eigenvalue weighted by molar-refractivity contribution is -0.129. The largest absolute Gasteiger partial charge is 0.443 e. The molecule has 0 amide bonds. The number of carbonyl (C=O) groups is 1. The smallest absolute Gasteiger partial charge is 0.227 e. The molecule has 37 heavy (non-hydrogen) atoms. The van der Waals surface area contributed by atoms with E-state index in [1.807, 2.05) is 6.07 Å². The zero-order valence-corrected chi connectivity index (χ0v) is 22.4. The zero-order chi connectivity index (χ0) is 25.9. The van der Waals surface area contributed by atoms with Crippen molar-refractivity contribution in [3.63, 3.8) is 0 Å². The fourth-order valence-corrected chi connectivity index (χ4v) is 6.81. The summed E-state index contributed by atoms with van der Waals surface area (Å²) in [5.74, 6) is 2.12. The van der Waals surface area contributed by atoms with Gasteiger partial charge in [0.15, 0.2) is 0 Å². The van der Waals surface area contributed by atoms with E-state index >= 15 is 0 Å². The van der Waals surface area contributed by atoms with Crippen LogP contribution in [0.1, 0.15) is 80.0 Å². The van der Waals surface area contributed by atoms with Gasteiger partial charge in [0.05, 0.1) is 34.9 Å². The first-order chi connectivity index (χ1) is 17.8. The maximum absolute atomic E-state index is 11.8. The molecule has 1 aromatic carbocycles. The summed E-state index contributed by atoms with van der Waals surface area (Å²) in [5, 5.41) is 17.2. The van der Waals surface area contributed by atoms with Crippen molar-refractivity contribution in [3.05, 3.63) is 56.9 Å². The van der Waals surface area contributed by atoms with E-state index in [1.54, 1.807) is 19.1 Å². The lowest BCUT2D eigenvalue weighted by atomic mass is 9.73. The first kappa shape index (κ1) is 25.1. The Kier molecular flexibility index (Phi) is 6.46. The van der Waals surface area contributed by atoms with Gasteiger partial charge in [-0.1, -0.05) is 34.4 Å². The molecule has 9 heteroatoms. The third kappa shape index (κ3) is 4.44. The number of ketones is 1. The van der Waals surface area contributed by atoms with Crippen LogP contribution in [0.15, 0.2) is 27.1 Å². The maximum atomic E-state index is 11.8. The fraction of sp³-hybridized carbons (Fsp3) is 0.536. The normalized spacial score (nSPS) is 27.1. The van der Waals surface area contributed by atoms with Gasteiger partial charge in [0.1, 0.15) is 28.6 Å². The number of Topliss-reactive ketones (excluding diaryl/α,β-unsaturated/α-hetero) is 1. The molecule has 0 aliphatic heterocycles.